The number of ether oxygens (including phenoxy) is 2. The Bertz CT molecular complexity index is 546. The Kier molecular flexibility index (Phi) is 5.18. The van der Waals surface area contributed by atoms with Crippen molar-refractivity contribution in [1.82, 2.24) is 0 Å². The predicted octanol–water partition coefficient (Wildman–Crippen LogP) is 2.78. The molecule has 21 heavy (non-hydrogen) atoms. The predicted molar refractivity (Wildman–Crippen MR) is 79.2 cm³/mol. The molecule has 0 spiro atoms. The lowest BCUT2D eigenvalue weighted by Crippen LogP contribution is -2.20. The number of hydrogen-bond acceptors (Lipinski definition) is 4. The quantitative estimate of drug-likeness (QED) is 0.872. The van der Waals surface area contributed by atoms with E-state index >= 15 is 0 Å². The molecule has 6 heteroatoms. The van der Waals surface area contributed by atoms with Crippen LogP contribution in [0.25, 0.3) is 0 Å². The van der Waals surface area contributed by atoms with Crippen LogP contribution in [0.1, 0.15) is 37.6 Å². The van der Waals surface area contributed by atoms with Gasteiger partial charge in [0.15, 0.2) is 11.5 Å². The molecule has 0 unspecified atom stereocenters. The van der Waals surface area contributed by atoms with Crippen LogP contribution in [0, 0.1) is 5.41 Å². The minimum Gasteiger partial charge on any atom is -0.493 e. The van der Waals surface area contributed by atoms with E-state index in [-0.39, 0.29) is 28.3 Å². The summed E-state index contributed by atoms with van der Waals surface area (Å²) < 4.78 is 10.3. The van der Waals surface area contributed by atoms with Crippen LogP contribution in [-0.2, 0) is 4.79 Å². The molecule has 116 valence electrons. The zero-order valence-corrected chi connectivity index (χ0v) is 12.9. The second-order valence-electron chi connectivity index (χ2n) is 5.85. The average Bonchev–Trinajstić information content (AvgIpc) is 2.35. The number of carboxylic acid groups (broad SMARTS) is 1. The van der Waals surface area contributed by atoms with Crippen molar-refractivity contribution in [1.29, 1.82) is 0 Å². The smallest absolute Gasteiger partial charge is 0.335 e. The van der Waals surface area contributed by atoms with E-state index in [4.69, 9.17) is 14.6 Å². The van der Waals surface area contributed by atoms with Gasteiger partial charge in [-0.05, 0) is 17.5 Å². The van der Waals surface area contributed by atoms with Gasteiger partial charge in [-0.1, -0.05) is 20.8 Å². The molecule has 1 amide bonds. The molecule has 0 saturated carbocycles. The number of rotatable bonds is 5. The number of methoxy groups -OCH3 is 2. The second-order valence-corrected chi connectivity index (χ2v) is 5.85. The van der Waals surface area contributed by atoms with Gasteiger partial charge in [0.2, 0.25) is 5.91 Å². The maximum Gasteiger partial charge on any atom is 0.335 e. The van der Waals surface area contributed by atoms with Crippen LogP contribution in [0.2, 0.25) is 0 Å². The van der Waals surface area contributed by atoms with Gasteiger partial charge < -0.3 is 19.9 Å². The van der Waals surface area contributed by atoms with Crippen molar-refractivity contribution < 1.29 is 24.2 Å². The molecular formula is C15H21NO5. The van der Waals surface area contributed by atoms with Gasteiger partial charge in [-0.15, -0.1) is 0 Å². The van der Waals surface area contributed by atoms with Gasteiger partial charge in [0, 0.05) is 6.42 Å². The van der Waals surface area contributed by atoms with Gasteiger partial charge in [-0.25, -0.2) is 4.79 Å². The first-order valence-corrected chi connectivity index (χ1v) is 6.47. The molecule has 1 aromatic rings. The van der Waals surface area contributed by atoms with Crippen molar-refractivity contribution >= 4 is 17.6 Å². The zero-order chi connectivity index (χ0) is 16.2. The molecule has 0 aliphatic carbocycles. The number of carbonyl (C=O) groups is 2. The largest absolute Gasteiger partial charge is 0.493 e. The lowest BCUT2D eigenvalue weighted by atomic mass is 9.92. The molecular weight excluding hydrogens is 274 g/mol. The van der Waals surface area contributed by atoms with E-state index in [0.717, 1.165) is 0 Å². The number of benzene rings is 1. The van der Waals surface area contributed by atoms with Crippen LogP contribution < -0.4 is 14.8 Å². The standard InChI is InChI=1S/C15H21NO5/c1-15(2,3)8-12(17)16-10-6-9(14(18)19)7-11(20-4)13(10)21-5/h6-7H,8H2,1-5H3,(H,16,17)(H,18,19). The third kappa shape index (κ3) is 4.66. The maximum atomic E-state index is 12.0. The molecule has 0 fully saturated rings. The van der Waals surface area contributed by atoms with Crippen LogP contribution in [0.5, 0.6) is 11.5 Å². The third-order valence-corrected chi connectivity index (χ3v) is 2.69. The van der Waals surface area contributed by atoms with Crippen molar-refractivity contribution in [3.05, 3.63) is 17.7 Å². The first-order chi connectivity index (χ1) is 9.67. The molecule has 0 aliphatic rings. The van der Waals surface area contributed by atoms with Gasteiger partial charge in [0.05, 0.1) is 25.5 Å². The molecule has 0 heterocycles. The minimum absolute atomic E-state index is 0.0127. The Balaban J connectivity index is 3.17. The first kappa shape index (κ1) is 16.8. The SMILES string of the molecule is COc1cc(C(=O)O)cc(NC(=O)CC(C)(C)C)c1OC. The summed E-state index contributed by atoms with van der Waals surface area (Å²) in [5.74, 6) is -0.777. The van der Waals surface area contributed by atoms with Gasteiger partial charge in [-0.2, -0.15) is 0 Å². The zero-order valence-electron chi connectivity index (χ0n) is 12.9. The van der Waals surface area contributed by atoms with Gasteiger partial charge in [0.25, 0.3) is 0 Å². The molecule has 0 atom stereocenters. The first-order valence-electron chi connectivity index (χ1n) is 6.47. The normalized spacial score (nSPS) is 10.9. The lowest BCUT2D eigenvalue weighted by molar-refractivity contribution is -0.117. The van der Waals surface area contributed by atoms with E-state index in [1.807, 2.05) is 20.8 Å². The molecule has 6 nitrogen and oxygen atoms in total. The Morgan fingerprint density at radius 3 is 2.24 bits per heavy atom. The fraction of sp³-hybridized carbons (Fsp3) is 0.467. The van der Waals surface area contributed by atoms with E-state index in [1.165, 1.54) is 26.4 Å². The summed E-state index contributed by atoms with van der Waals surface area (Å²) in [6.07, 6.45) is 0.301. The van der Waals surface area contributed by atoms with Gasteiger partial charge in [0.1, 0.15) is 0 Å². The summed E-state index contributed by atoms with van der Waals surface area (Å²) in [7, 11) is 2.84. The highest BCUT2D eigenvalue weighted by atomic mass is 16.5. The number of anilines is 1. The van der Waals surface area contributed by atoms with E-state index in [2.05, 4.69) is 5.32 Å². The van der Waals surface area contributed by atoms with E-state index in [1.54, 1.807) is 0 Å². The highest BCUT2D eigenvalue weighted by Crippen LogP contribution is 2.37. The number of hydrogen-bond donors (Lipinski definition) is 2. The number of carboxylic acids is 1. The highest BCUT2D eigenvalue weighted by molar-refractivity contribution is 5.96. The Morgan fingerprint density at radius 2 is 1.81 bits per heavy atom. The number of carbonyl (C=O) groups excluding carboxylic acids is 1. The van der Waals surface area contributed by atoms with Crippen molar-refractivity contribution in [3.8, 4) is 11.5 Å². The van der Waals surface area contributed by atoms with Gasteiger partial charge >= 0.3 is 5.97 Å². The van der Waals surface area contributed by atoms with Crippen molar-refractivity contribution in [3.63, 3.8) is 0 Å². The lowest BCUT2D eigenvalue weighted by Gasteiger charge is -2.19. The Morgan fingerprint density at radius 1 is 1.19 bits per heavy atom. The molecule has 1 rings (SSSR count). The topological polar surface area (TPSA) is 84.9 Å². The summed E-state index contributed by atoms with van der Waals surface area (Å²) in [4.78, 5) is 23.1. The molecule has 1 aromatic carbocycles. The van der Waals surface area contributed by atoms with Crippen LogP contribution in [0.3, 0.4) is 0 Å². The molecule has 0 saturated heterocycles. The third-order valence-electron chi connectivity index (χ3n) is 2.69. The number of aromatic carboxylic acids is 1. The summed E-state index contributed by atoms with van der Waals surface area (Å²) >= 11 is 0. The Labute approximate surface area is 124 Å². The Hall–Kier alpha value is -2.24. The van der Waals surface area contributed by atoms with Crippen molar-refractivity contribution in [2.24, 2.45) is 5.41 Å². The summed E-state index contributed by atoms with van der Waals surface area (Å²) in [5, 5.41) is 11.8. The molecule has 2 N–H and O–H groups in total. The van der Waals surface area contributed by atoms with E-state index in [9.17, 15) is 9.59 Å². The molecule has 0 radical (unpaired) electrons. The van der Waals surface area contributed by atoms with Crippen LogP contribution in [-0.4, -0.2) is 31.2 Å². The highest BCUT2D eigenvalue weighted by Gasteiger charge is 2.20. The minimum atomic E-state index is -1.11. The van der Waals surface area contributed by atoms with Crippen molar-refractivity contribution in [2.45, 2.75) is 27.2 Å². The van der Waals surface area contributed by atoms with Crippen LogP contribution in [0.4, 0.5) is 5.69 Å². The second kappa shape index (κ2) is 6.47. The molecule has 0 aliphatic heterocycles. The summed E-state index contributed by atoms with van der Waals surface area (Å²) in [5.41, 5.74) is 0.119. The summed E-state index contributed by atoms with van der Waals surface area (Å²) in [6, 6.07) is 2.70. The number of nitrogens with one attached hydrogen (secondary N) is 1. The molecule has 0 aromatic heterocycles. The van der Waals surface area contributed by atoms with Crippen LogP contribution in [0.15, 0.2) is 12.1 Å². The fourth-order valence-corrected chi connectivity index (χ4v) is 1.86. The van der Waals surface area contributed by atoms with E-state index in [0.29, 0.717) is 12.2 Å². The maximum absolute atomic E-state index is 12.0. The number of amides is 1. The molecule has 0 bridgehead atoms. The van der Waals surface area contributed by atoms with Crippen LogP contribution >= 0.6 is 0 Å². The monoisotopic (exact) mass is 295 g/mol. The summed E-state index contributed by atoms with van der Waals surface area (Å²) in [6.45, 7) is 5.83. The average molecular weight is 295 g/mol. The fourth-order valence-electron chi connectivity index (χ4n) is 1.86. The van der Waals surface area contributed by atoms with E-state index < -0.39 is 5.97 Å². The van der Waals surface area contributed by atoms with Crippen molar-refractivity contribution in [2.75, 3.05) is 19.5 Å². The van der Waals surface area contributed by atoms with Gasteiger partial charge in [-0.3, -0.25) is 4.79 Å².